The van der Waals surface area contributed by atoms with Crippen molar-refractivity contribution in [3.8, 4) is 28.4 Å². The molecule has 0 amide bonds. The van der Waals surface area contributed by atoms with Crippen molar-refractivity contribution in [1.29, 1.82) is 0 Å². The number of hydrogen-bond acceptors (Lipinski definition) is 5. The number of carbonyl (C=O) groups is 1. The number of fused-ring (bicyclic) bond motifs is 1. The molecule has 0 fully saturated rings. The summed E-state index contributed by atoms with van der Waals surface area (Å²) in [5.41, 5.74) is 5.35. The van der Waals surface area contributed by atoms with Crippen molar-refractivity contribution in [1.82, 2.24) is 0 Å². The van der Waals surface area contributed by atoms with Crippen molar-refractivity contribution in [3.05, 3.63) is 124 Å². The molecule has 1 atom stereocenters. The first-order valence-corrected chi connectivity index (χ1v) is 16.1. The number of ether oxygens (including phenoxy) is 1. The minimum absolute atomic E-state index is 0.0757. The maximum absolute atomic E-state index is 12.5. The highest BCUT2D eigenvalue weighted by Crippen LogP contribution is 2.30. The Morgan fingerprint density at radius 3 is 2.64 bits per heavy atom. The molecule has 1 aliphatic heterocycles. The van der Waals surface area contributed by atoms with Crippen molar-refractivity contribution < 1.29 is 19.7 Å². The molecule has 2 N–H and O–H groups in total. The maximum Gasteiger partial charge on any atom is 0.161 e. The predicted octanol–water partition coefficient (Wildman–Crippen LogP) is 7.30. The van der Waals surface area contributed by atoms with E-state index in [9.17, 15) is 15.0 Å². The Labute approximate surface area is 266 Å². The molecule has 0 aromatic heterocycles. The van der Waals surface area contributed by atoms with E-state index >= 15 is 0 Å². The molecule has 1 heterocycles. The predicted molar refractivity (Wildman–Crippen MR) is 181 cm³/mol. The Morgan fingerprint density at radius 2 is 1.78 bits per heavy atom. The summed E-state index contributed by atoms with van der Waals surface area (Å²) in [6, 6.07) is 27.4. The molecule has 1 aliphatic rings. The Bertz CT molecular complexity index is 1740. The lowest BCUT2D eigenvalue weighted by molar-refractivity contribution is -0.114. The van der Waals surface area contributed by atoms with Crippen LogP contribution in [0, 0.1) is 5.92 Å². The third-order valence-corrected chi connectivity index (χ3v) is 8.46. The van der Waals surface area contributed by atoms with Gasteiger partial charge >= 0.3 is 0 Å². The molecule has 1 unspecified atom stereocenters. The van der Waals surface area contributed by atoms with Gasteiger partial charge in [0.05, 0.1) is 18.5 Å². The van der Waals surface area contributed by atoms with Gasteiger partial charge in [0.25, 0.3) is 0 Å². The van der Waals surface area contributed by atoms with Crippen LogP contribution in [0.3, 0.4) is 0 Å². The molecule has 0 bridgehead atoms. The van der Waals surface area contributed by atoms with Crippen LogP contribution in [0.15, 0.2) is 102 Å². The maximum atomic E-state index is 12.5. The molecule has 5 heteroatoms. The molecular weight excluding hydrogens is 558 g/mol. The number of phenolic OH excluding ortho intramolecular Hbond substituents is 2. The molecule has 0 saturated carbocycles. The second-order valence-corrected chi connectivity index (χ2v) is 12.0. The number of aryl methyl sites for hydroxylation is 2. The van der Waals surface area contributed by atoms with Gasteiger partial charge in [-0.25, -0.2) is 0 Å². The fourth-order valence-corrected chi connectivity index (χ4v) is 5.78. The Hall–Kier alpha value is -4.64. The van der Waals surface area contributed by atoms with Crippen molar-refractivity contribution >= 4 is 11.9 Å². The Morgan fingerprint density at radius 1 is 0.911 bits per heavy atom. The van der Waals surface area contributed by atoms with Crippen LogP contribution >= 0.6 is 0 Å². The standard InChI is InChI=1S/C40H43NO4/c1-29(12-13-30-9-5-3-6-10-30)8-4-2-7-11-35(42)18-14-31-15-21-39(44)40(26-31)45-25-23-32-16-19-36(43)28-37(32)33-17-20-38-34(27-33)22-24-41-38/h3,5-7,9-11,15-17,19-22,26-29,43-44H,2,4,8,12-14,18,23-25H2,1H3. The second-order valence-electron chi connectivity index (χ2n) is 12.0. The van der Waals surface area contributed by atoms with E-state index in [2.05, 4.69) is 54.4 Å². The lowest BCUT2D eigenvalue weighted by Gasteiger charge is -2.13. The van der Waals surface area contributed by atoms with Gasteiger partial charge < -0.3 is 14.9 Å². The fraction of sp³-hybridized carbons (Fsp3) is 0.300. The van der Waals surface area contributed by atoms with Crippen LogP contribution in [0.1, 0.15) is 55.7 Å². The van der Waals surface area contributed by atoms with Crippen molar-refractivity contribution in [2.24, 2.45) is 10.9 Å². The summed E-state index contributed by atoms with van der Waals surface area (Å²) in [7, 11) is 0. The van der Waals surface area contributed by atoms with E-state index in [-0.39, 0.29) is 17.3 Å². The first kappa shape index (κ1) is 31.8. The molecule has 4 aromatic carbocycles. The molecule has 0 aliphatic carbocycles. The van der Waals surface area contributed by atoms with E-state index < -0.39 is 0 Å². The Kier molecular flexibility index (Phi) is 11.2. The summed E-state index contributed by atoms with van der Waals surface area (Å²) < 4.78 is 6.00. The normalized spacial score (nSPS) is 12.8. The highest BCUT2D eigenvalue weighted by Gasteiger charge is 2.11. The second kappa shape index (κ2) is 15.9. The zero-order valence-electron chi connectivity index (χ0n) is 26.1. The summed E-state index contributed by atoms with van der Waals surface area (Å²) in [6.45, 7) is 3.36. The third-order valence-electron chi connectivity index (χ3n) is 8.46. The van der Waals surface area contributed by atoms with Crippen molar-refractivity contribution in [3.63, 3.8) is 0 Å². The van der Waals surface area contributed by atoms with E-state index in [1.165, 1.54) is 18.4 Å². The topological polar surface area (TPSA) is 79.1 Å². The number of carbonyl (C=O) groups excluding carboxylic acids is 1. The quantitative estimate of drug-likeness (QED) is 0.104. The van der Waals surface area contributed by atoms with Gasteiger partial charge in [0, 0.05) is 12.8 Å². The highest BCUT2D eigenvalue weighted by atomic mass is 16.5. The van der Waals surface area contributed by atoms with Crippen molar-refractivity contribution in [2.75, 3.05) is 13.2 Å². The molecule has 232 valence electrons. The van der Waals surface area contributed by atoms with Gasteiger partial charge in [-0.2, -0.15) is 0 Å². The number of ketones is 1. The Balaban J connectivity index is 1.06. The number of allylic oxidation sites excluding steroid dienone is 2. The van der Waals surface area contributed by atoms with Gasteiger partial charge in [-0.05, 0) is 114 Å². The van der Waals surface area contributed by atoms with E-state index in [1.54, 1.807) is 24.3 Å². The van der Waals surface area contributed by atoms with Crippen LogP contribution in [0.4, 0.5) is 0 Å². The van der Waals surface area contributed by atoms with Gasteiger partial charge in [0.1, 0.15) is 5.75 Å². The summed E-state index contributed by atoms with van der Waals surface area (Å²) in [5, 5.41) is 22.7. The van der Waals surface area contributed by atoms with E-state index in [0.29, 0.717) is 44.1 Å². The van der Waals surface area contributed by atoms with Gasteiger partial charge in [-0.15, -0.1) is 0 Å². The molecule has 5 nitrogen and oxygen atoms in total. The number of phenols is 2. The SMILES string of the molecule is CC(CCCC=CC(=O)CCc1ccc(O)c(OCCc2ccc(O)cc2-c2ccc3c(c2)=CCN=3)c1)CCc1ccccc1. The average molecular weight is 602 g/mol. The minimum Gasteiger partial charge on any atom is -0.508 e. The number of unbranched alkanes of at least 4 members (excludes halogenated alkanes) is 1. The van der Waals surface area contributed by atoms with Crippen molar-refractivity contribution in [2.45, 2.75) is 58.3 Å². The van der Waals surface area contributed by atoms with Crippen LogP contribution in [-0.2, 0) is 24.1 Å². The summed E-state index contributed by atoms with van der Waals surface area (Å²) >= 11 is 0. The van der Waals surface area contributed by atoms with E-state index in [4.69, 9.17) is 4.74 Å². The average Bonchev–Trinajstić information content (AvgIpc) is 3.53. The van der Waals surface area contributed by atoms with Crippen LogP contribution in [0.2, 0.25) is 0 Å². The van der Waals surface area contributed by atoms with Crippen LogP contribution in [0.25, 0.3) is 17.2 Å². The van der Waals surface area contributed by atoms with Crippen LogP contribution in [0.5, 0.6) is 17.2 Å². The zero-order valence-corrected chi connectivity index (χ0v) is 26.1. The third kappa shape index (κ3) is 9.42. The summed E-state index contributed by atoms with van der Waals surface area (Å²) in [4.78, 5) is 17.0. The molecule has 0 saturated heterocycles. The lowest BCUT2D eigenvalue weighted by Crippen LogP contribution is -2.20. The van der Waals surface area contributed by atoms with Crippen LogP contribution in [-0.4, -0.2) is 29.1 Å². The minimum atomic E-state index is 0.0757. The monoisotopic (exact) mass is 601 g/mol. The molecule has 4 aromatic rings. The van der Waals surface area contributed by atoms with Gasteiger partial charge in [0.2, 0.25) is 0 Å². The number of benzene rings is 4. The zero-order chi connectivity index (χ0) is 31.4. The number of nitrogens with zero attached hydrogens (tertiary/aromatic N) is 1. The van der Waals surface area contributed by atoms with Gasteiger partial charge in [0.15, 0.2) is 17.3 Å². The first-order chi connectivity index (χ1) is 21.9. The fourth-order valence-electron chi connectivity index (χ4n) is 5.78. The number of hydrogen-bond donors (Lipinski definition) is 2. The first-order valence-electron chi connectivity index (χ1n) is 16.1. The lowest BCUT2D eigenvalue weighted by atomic mass is 9.96. The summed E-state index contributed by atoms with van der Waals surface area (Å²) in [5.74, 6) is 1.48. The molecular formula is C40H43NO4. The molecule has 45 heavy (non-hydrogen) atoms. The van der Waals surface area contributed by atoms with Gasteiger partial charge in [-0.1, -0.05) is 74.0 Å². The van der Waals surface area contributed by atoms with E-state index in [1.807, 2.05) is 36.4 Å². The highest BCUT2D eigenvalue weighted by molar-refractivity contribution is 5.89. The largest absolute Gasteiger partial charge is 0.508 e. The van der Waals surface area contributed by atoms with Gasteiger partial charge in [-0.3, -0.25) is 9.79 Å². The summed E-state index contributed by atoms with van der Waals surface area (Å²) in [6.07, 6.45) is 12.9. The molecule has 0 spiro atoms. The number of aromatic hydroxyl groups is 2. The number of rotatable bonds is 16. The molecule has 5 rings (SSSR count). The smallest absolute Gasteiger partial charge is 0.161 e. The van der Waals surface area contributed by atoms with E-state index in [0.717, 1.165) is 52.1 Å². The molecule has 0 radical (unpaired) electrons. The van der Waals surface area contributed by atoms with Crippen LogP contribution < -0.4 is 15.3 Å².